The fourth-order valence-electron chi connectivity index (χ4n) is 0.446. The normalized spacial score (nSPS) is 9.60. The molecular weight excluding hydrogens is 136 g/mol. The lowest BCUT2D eigenvalue weighted by molar-refractivity contribution is 0.848. The highest BCUT2D eigenvalue weighted by Gasteiger charge is 1.99. The molecule has 1 aromatic heterocycles. The molecule has 0 bridgehead atoms. The Balaban J connectivity index is 3.46. The van der Waals surface area contributed by atoms with Gasteiger partial charge in [-0.2, -0.15) is 14.6 Å². The summed E-state index contributed by atoms with van der Waals surface area (Å²) in [5.74, 6) is 4.72. The summed E-state index contributed by atoms with van der Waals surface area (Å²) in [6.07, 6.45) is 0. The van der Waals surface area contributed by atoms with Crippen LogP contribution in [0, 0.1) is 0 Å². The van der Waals surface area contributed by atoms with E-state index in [2.05, 4.69) is 9.97 Å². The van der Waals surface area contributed by atoms with Gasteiger partial charge in [-0.25, -0.2) is 4.79 Å². The van der Waals surface area contributed by atoms with Gasteiger partial charge in [-0.15, -0.1) is 0 Å². The highest BCUT2D eigenvalue weighted by Crippen LogP contribution is 1.88. The number of rotatable bonds is 0. The first-order chi connectivity index (χ1) is 4.61. The average Bonchev–Trinajstić information content (AvgIpc) is 1.82. The smallest absolute Gasteiger partial charge is 0.368 e. The molecule has 0 aromatic carbocycles. The molecule has 1 rings (SSSR count). The van der Waals surface area contributed by atoms with Crippen LogP contribution in [0.1, 0.15) is 0 Å². The van der Waals surface area contributed by atoms with Crippen molar-refractivity contribution in [2.45, 2.75) is 0 Å². The number of aromatic nitrogens is 3. The summed E-state index contributed by atoms with van der Waals surface area (Å²) in [5, 5.41) is 0. The van der Waals surface area contributed by atoms with Crippen LogP contribution in [-0.2, 0) is 0 Å². The second-order valence-corrected chi connectivity index (χ2v) is 1.59. The fourth-order valence-corrected chi connectivity index (χ4v) is 0.446. The third kappa shape index (κ3) is 0.835. The van der Waals surface area contributed by atoms with Gasteiger partial charge in [-0.3, -0.25) is 0 Å². The van der Waals surface area contributed by atoms with Gasteiger partial charge in [0, 0.05) is 0 Å². The summed E-state index contributed by atoms with van der Waals surface area (Å²) in [7, 11) is 0. The molecule has 0 saturated carbocycles. The number of nitrogen functional groups attached to an aromatic ring is 3. The highest BCUT2D eigenvalue weighted by atomic mass is 16.1. The quantitative estimate of drug-likeness (QED) is 0.344. The summed E-state index contributed by atoms with van der Waals surface area (Å²) >= 11 is 0. The zero-order chi connectivity index (χ0) is 7.72. The molecule has 1 aromatic rings. The summed E-state index contributed by atoms with van der Waals surface area (Å²) in [4.78, 5) is 17.2. The molecule has 7 heteroatoms. The molecule has 6 N–H and O–H groups in total. The first kappa shape index (κ1) is 6.33. The van der Waals surface area contributed by atoms with Crippen LogP contribution in [0.25, 0.3) is 0 Å². The van der Waals surface area contributed by atoms with Crippen molar-refractivity contribution < 1.29 is 0 Å². The molecule has 1 heterocycles. The van der Waals surface area contributed by atoms with Gasteiger partial charge in [0.05, 0.1) is 0 Å². The molecule has 0 atom stereocenters. The average molecular weight is 142 g/mol. The van der Waals surface area contributed by atoms with Crippen LogP contribution in [-0.4, -0.2) is 14.6 Å². The van der Waals surface area contributed by atoms with Gasteiger partial charge in [-0.05, 0) is 0 Å². The van der Waals surface area contributed by atoms with Crippen LogP contribution in [0.15, 0.2) is 4.79 Å². The summed E-state index contributed by atoms with van der Waals surface area (Å²) in [6.45, 7) is 0. The minimum absolute atomic E-state index is 0.155. The molecule has 0 aliphatic rings. The van der Waals surface area contributed by atoms with Gasteiger partial charge in [0.2, 0.25) is 11.9 Å². The molecular formula is C3H6N6O. The van der Waals surface area contributed by atoms with Crippen LogP contribution in [0.5, 0.6) is 0 Å². The lowest BCUT2D eigenvalue weighted by atomic mass is 10.9. The third-order valence-electron chi connectivity index (χ3n) is 0.892. The van der Waals surface area contributed by atoms with Crippen LogP contribution < -0.4 is 23.0 Å². The van der Waals surface area contributed by atoms with Gasteiger partial charge in [-0.1, -0.05) is 0 Å². The van der Waals surface area contributed by atoms with Crippen molar-refractivity contribution >= 4 is 11.9 Å². The van der Waals surface area contributed by atoms with Crippen LogP contribution >= 0.6 is 0 Å². The number of nitrogens with two attached hydrogens (primary N) is 3. The Morgan fingerprint density at radius 1 is 1.30 bits per heavy atom. The van der Waals surface area contributed by atoms with Crippen LogP contribution in [0.2, 0.25) is 0 Å². The monoisotopic (exact) mass is 142 g/mol. The molecule has 0 amide bonds. The Labute approximate surface area is 55.5 Å². The maximum absolute atomic E-state index is 10.6. The van der Waals surface area contributed by atoms with Crippen molar-refractivity contribution in [3.63, 3.8) is 0 Å². The zero-order valence-electron chi connectivity index (χ0n) is 4.98. The van der Waals surface area contributed by atoms with Crippen LogP contribution in [0.4, 0.5) is 11.9 Å². The Kier molecular flexibility index (Phi) is 1.18. The van der Waals surface area contributed by atoms with E-state index in [1.807, 2.05) is 0 Å². The Hall–Kier alpha value is -1.79. The Morgan fingerprint density at radius 2 is 1.90 bits per heavy atom. The standard InChI is InChI=1S/C3H6N6O/c4-1-7-2(5)9(6)3(10)8-1/h6H2,(H4,4,5,7,8,10). The van der Waals surface area contributed by atoms with Gasteiger partial charge >= 0.3 is 5.69 Å². The summed E-state index contributed by atoms with van der Waals surface area (Å²) in [6, 6.07) is 0. The van der Waals surface area contributed by atoms with E-state index in [9.17, 15) is 4.79 Å². The Bertz CT molecular complexity index is 302. The van der Waals surface area contributed by atoms with E-state index < -0.39 is 5.69 Å². The van der Waals surface area contributed by atoms with Gasteiger partial charge < -0.3 is 17.3 Å². The SMILES string of the molecule is Nc1nc(N)n(N)c(=O)n1. The second-order valence-electron chi connectivity index (χ2n) is 1.59. The number of nitrogens with zero attached hydrogens (tertiary/aromatic N) is 3. The van der Waals surface area contributed by atoms with E-state index >= 15 is 0 Å². The van der Waals surface area contributed by atoms with Crippen LogP contribution in [0.3, 0.4) is 0 Å². The van der Waals surface area contributed by atoms with Gasteiger partial charge in [0.15, 0.2) is 0 Å². The molecule has 0 fully saturated rings. The second kappa shape index (κ2) is 1.87. The topological polar surface area (TPSA) is 126 Å². The predicted molar refractivity (Wildman–Crippen MR) is 35.3 cm³/mol. The molecule has 10 heavy (non-hydrogen) atoms. The summed E-state index contributed by atoms with van der Waals surface area (Å²) in [5.41, 5.74) is 9.47. The zero-order valence-corrected chi connectivity index (χ0v) is 4.98. The Morgan fingerprint density at radius 3 is 2.40 bits per heavy atom. The lowest BCUT2D eigenvalue weighted by Gasteiger charge is -1.98. The van der Waals surface area contributed by atoms with Crippen molar-refractivity contribution in [3.05, 3.63) is 10.5 Å². The van der Waals surface area contributed by atoms with Crippen molar-refractivity contribution in [2.24, 2.45) is 0 Å². The number of hydrogen-bond donors (Lipinski definition) is 3. The van der Waals surface area contributed by atoms with Crippen molar-refractivity contribution in [3.8, 4) is 0 Å². The van der Waals surface area contributed by atoms with Gasteiger partial charge in [0.25, 0.3) is 0 Å². The summed E-state index contributed by atoms with van der Waals surface area (Å²) < 4.78 is 0.607. The molecule has 0 spiro atoms. The van der Waals surface area contributed by atoms with E-state index in [1.54, 1.807) is 0 Å². The van der Waals surface area contributed by atoms with E-state index in [-0.39, 0.29) is 11.9 Å². The molecule has 54 valence electrons. The largest absolute Gasteiger partial charge is 0.372 e. The molecule has 0 unspecified atom stereocenters. The van der Waals surface area contributed by atoms with Crippen molar-refractivity contribution in [1.29, 1.82) is 0 Å². The molecule has 0 saturated heterocycles. The maximum atomic E-state index is 10.6. The maximum Gasteiger partial charge on any atom is 0.372 e. The van der Waals surface area contributed by atoms with Gasteiger partial charge in [0.1, 0.15) is 0 Å². The minimum Gasteiger partial charge on any atom is -0.368 e. The van der Waals surface area contributed by atoms with Crippen molar-refractivity contribution in [2.75, 3.05) is 17.3 Å². The highest BCUT2D eigenvalue weighted by molar-refractivity contribution is 5.24. The van der Waals surface area contributed by atoms with E-state index in [0.717, 1.165) is 0 Å². The number of anilines is 2. The molecule has 0 aliphatic carbocycles. The molecule has 0 radical (unpaired) electrons. The number of hydrogen-bond acceptors (Lipinski definition) is 6. The first-order valence-electron chi connectivity index (χ1n) is 2.38. The molecule has 7 nitrogen and oxygen atoms in total. The first-order valence-corrected chi connectivity index (χ1v) is 2.38. The van der Waals surface area contributed by atoms with E-state index in [1.165, 1.54) is 0 Å². The van der Waals surface area contributed by atoms with E-state index in [0.29, 0.717) is 4.68 Å². The lowest BCUT2D eigenvalue weighted by Crippen LogP contribution is -2.33. The van der Waals surface area contributed by atoms with E-state index in [4.69, 9.17) is 17.3 Å². The van der Waals surface area contributed by atoms with Crippen molar-refractivity contribution in [1.82, 2.24) is 14.6 Å². The fraction of sp³-hybridized carbons (Fsp3) is 0. The molecule has 0 aliphatic heterocycles. The predicted octanol–water partition coefficient (Wildman–Crippen LogP) is -2.48. The minimum atomic E-state index is -0.718. The third-order valence-corrected chi connectivity index (χ3v) is 0.892.